The number of hydrogen-bond acceptors (Lipinski definition) is 5. The first-order valence-electron chi connectivity index (χ1n) is 10.5. The van der Waals surface area contributed by atoms with Gasteiger partial charge in [-0.05, 0) is 42.3 Å². The number of aliphatic hydroxyl groups excluding tert-OH is 1. The number of nitrogens with zero attached hydrogens (tertiary/aromatic N) is 2. The molecule has 35 heavy (non-hydrogen) atoms. The van der Waals surface area contributed by atoms with Gasteiger partial charge in [0.05, 0.1) is 17.7 Å². The summed E-state index contributed by atoms with van der Waals surface area (Å²) < 4.78 is 14.3. The summed E-state index contributed by atoms with van der Waals surface area (Å²) in [4.78, 5) is 42.8. The molecular weight excluding hydrogens is 477 g/mol. The van der Waals surface area contributed by atoms with Gasteiger partial charge in [-0.15, -0.1) is 0 Å². The molecule has 1 saturated heterocycles. The second-order valence-electron chi connectivity index (χ2n) is 7.77. The van der Waals surface area contributed by atoms with E-state index in [1.807, 2.05) is 6.92 Å². The Bertz CT molecular complexity index is 1440. The van der Waals surface area contributed by atoms with Gasteiger partial charge in [-0.1, -0.05) is 23.7 Å². The Labute approximate surface area is 203 Å². The lowest BCUT2D eigenvalue weighted by Crippen LogP contribution is -2.44. The summed E-state index contributed by atoms with van der Waals surface area (Å²) in [6.45, 7) is 1.32. The van der Waals surface area contributed by atoms with Crippen LogP contribution in [0, 0.1) is 24.1 Å². The van der Waals surface area contributed by atoms with Crippen LogP contribution in [0.15, 0.2) is 42.2 Å². The molecule has 4 rings (SSSR count). The van der Waals surface area contributed by atoms with Crippen molar-refractivity contribution in [3.05, 3.63) is 75.3 Å². The molecule has 4 N–H and O–H groups in total. The fourth-order valence-electron chi connectivity index (χ4n) is 3.88. The molecule has 0 radical (unpaired) electrons. The van der Waals surface area contributed by atoms with E-state index < -0.39 is 29.7 Å². The van der Waals surface area contributed by atoms with Gasteiger partial charge in [0.1, 0.15) is 23.6 Å². The fourth-order valence-corrected chi connectivity index (χ4v) is 4.04. The number of hydrogen-bond donors (Lipinski definition) is 4. The zero-order valence-electron chi connectivity index (χ0n) is 18.4. The van der Waals surface area contributed by atoms with Crippen LogP contribution in [0.1, 0.15) is 28.3 Å². The molecule has 1 atom stereocenters. The van der Waals surface area contributed by atoms with Gasteiger partial charge in [0.25, 0.3) is 5.91 Å². The normalized spacial score (nSPS) is 15.4. The fraction of sp³-hybridized carbons (Fsp3) is 0.167. The SMILES string of the molecule is Cc1c(Cl)ccc2c(C=C3NC(=O)N(C(C(=O)NCCO)c4ccc(C#N)c(F)c4)C3=O)c[nH]c12. The number of nitriles is 1. The number of H-pyrrole nitrogens is 1. The van der Waals surface area contributed by atoms with Crippen LogP contribution in [0.4, 0.5) is 9.18 Å². The van der Waals surface area contributed by atoms with Crippen molar-refractivity contribution in [1.82, 2.24) is 20.5 Å². The Morgan fingerprint density at radius 3 is 2.80 bits per heavy atom. The maximum atomic E-state index is 14.3. The summed E-state index contributed by atoms with van der Waals surface area (Å²) in [6.07, 6.45) is 3.12. The summed E-state index contributed by atoms with van der Waals surface area (Å²) in [5.74, 6) is -2.50. The number of rotatable bonds is 6. The monoisotopic (exact) mass is 495 g/mol. The minimum absolute atomic E-state index is 0.0148. The first kappa shape index (κ1) is 23.9. The van der Waals surface area contributed by atoms with Crippen molar-refractivity contribution < 1.29 is 23.9 Å². The van der Waals surface area contributed by atoms with Crippen molar-refractivity contribution >= 4 is 46.4 Å². The highest BCUT2D eigenvalue weighted by atomic mass is 35.5. The summed E-state index contributed by atoms with van der Waals surface area (Å²) in [6, 6.07) is 6.13. The molecule has 1 fully saturated rings. The van der Waals surface area contributed by atoms with Gasteiger partial charge in [-0.2, -0.15) is 5.26 Å². The van der Waals surface area contributed by atoms with Crippen LogP contribution < -0.4 is 10.6 Å². The number of aryl methyl sites for hydroxylation is 1. The van der Waals surface area contributed by atoms with Crippen LogP contribution in [0.3, 0.4) is 0 Å². The van der Waals surface area contributed by atoms with Crippen LogP contribution >= 0.6 is 11.6 Å². The third kappa shape index (κ3) is 4.35. The maximum Gasteiger partial charge on any atom is 0.330 e. The predicted molar refractivity (Wildman–Crippen MR) is 125 cm³/mol. The molecule has 2 aromatic carbocycles. The number of aliphatic hydroxyl groups is 1. The first-order chi connectivity index (χ1) is 16.8. The van der Waals surface area contributed by atoms with Gasteiger partial charge in [-0.3, -0.25) is 9.59 Å². The maximum absolute atomic E-state index is 14.3. The van der Waals surface area contributed by atoms with E-state index in [2.05, 4.69) is 15.6 Å². The molecule has 0 saturated carbocycles. The average Bonchev–Trinajstić information content (AvgIpc) is 3.36. The zero-order valence-corrected chi connectivity index (χ0v) is 19.1. The molecule has 0 bridgehead atoms. The summed E-state index contributed by atoms with van der Waals surface area (Å²) >= 11 is 6.17. The van der Waals surface area contributed by atoms with Gasteiger partial charge < -0.3 is 20.7 Å². The molecule has 1 aliphatic rings. The highest BCUT2D eigenvalue weighted by molar-refractivity contribution is 6.32. The van der Waals surface area contributed by atoms with Crippen molar-refractivity contribution in [2.24, 2.45) is 0 Å². The second-order valence-corrected chi connectivity index (χ2v) is 8.18. The van der Waals surface area contributed by atoms with Crippen molar-refractivity contribution in [1.29, 1.82) is 5.26 Å². The Hall–Kier alpha value is -4.20. The molecule has 1 unspecified atom stereocenters. The third-order valence-electron chi connectivity index (χ3n) is 5.64. The lowest BCUT2D eigenvalue weighted by Gasteiger charge is -2.24. The standard InChI is InChI=1S/C24H19ClFN5O4/c1-12-17(25)5-4-16-15(11-29-20(12)16)9-19-23(34)31(24(35)30-19)21(22(33)28-6-7-32)13-2-3-14(10-27)18(26)8-13/h2-5,8-9,11,21,29,32H,6-7H2,1H3,(H,28,33)(H,30,35). The van der Waals surface area contributed by atoms with E-state index >= 15 is 0 Å². The number of amides is 4. The summed E-state index contributed by atoms with van der Waals surface area (Å²) in [7, 11) is 0. The van der Waals surface area contributed by atoms with E-state index in [4.69, 9.17) is 22.0 Å². The molecule has 4 amide bonds. The largest absolute Gasteiger partial charge is 0.395 e. The van der Waals surface area contributed by atoms with Gasteiger partial charge >= 0.3 is 6.03 Å². The van der Waals surface area contributed by atoms with Crippen molar-refractivity contribution in [2.75, 3.05) is 13.2 Å². The van der Waals surface area contributed by atoms with Crippen molar-refractivity contribution in [3.8, 4) is 6.07 Å². The molecule has 178 valence electrons. The van der Waals surface area contributed by atoms with Crippen LogP contribution in [0.25, 0.3) is 17.0 Å². The summed E-state index contributed by atoms with van der Waals surface area (Å²) in [5.41, 5.74) is 1.84. The molecule has 3 aromatic rings. The predicted octanol–water partition coefficient (Wildman–Crippen LogP) is 2.88. The number of aromatic amines is 1. The minimum Gasteiger partial charge on any atom is -0.395 e. The summed E-state index contributed by atoms with van der Waals surface area (Å²) in [5, 5.41) is 24.3. The molecule has 2 heterocycles. The highest BCUT2D eigenvalue weighted by Gasteiger charge is 2.43. The smallest absolute Gasteiger partial charge is 0.330 e. The lowest BCUT2D eigenvalue weighted by atomic mass is 10.0. The molecule has 9 nitrogen and oxygen atoms in total. The van der Waals surface area contributed by atoms with Crippen molar-refractivity contribution in [2.45, 2.75) is 13.0 Å². The number of nitrogens with one attached hydrogen (secondary N) is 3. The number of fused-ring (bicyclic) bond motifs is 1. The number of benzene rings is 2. The van der Waals surface area contributed by atoms with E-state index in [0.717, 1.165) is 28.6 Å². The highest BCUT2D eigenvalue weighted by Crippen LogP contribution is 2.31. The molecule has 0 spiro atoms. The van der Waals surface area contributed by atoms with E-state index in [-0.39, 0.29) is 30.0 Å². The number of imide groups is 1. The molecule has 0 aliphatic carbocycles. The van der Waals surface area contributed by atoms with E-state index in [0.29, 0.717) is 15.5 Å². The van der Waals surface area contributed by atoms with Gasteiger partial charge in [-0.25, -0.2) is 14.1 Å². The van der Waals surface area contributed by atoms with Gasteiger partial charge in [0, 0.05) is 28.7 Å². The lowest BCUT2D eigenvalue weighted by molar-refractivity contribution is -0.133. The quantitative estimate of drug-likeness (QED) is 0.308. The minimum atomic E-state index is -1.54. The average molecular weight is 496 g/mol. The zero-order chi connectivity index (χ0) is 25.3. The van der Waals surface area contributed by atoms with E-state index in [1.165, 1.54) is 12.1 Å². The van der Waals surface area contributed by atoms with Crippen LogP contribution in [-0.4, -0.2) is 46.0 Å². The Kier molecular flexibility index (Phi) is 6.55. The molecule has 1 aliphatic heterocycles. The Morgan fingerprint density at radius 2 is 2.11 bits per heavy atom. The number of carbonyl (C=O) groups is 3. The van der Waals surface area contributed by atoms with E-state index in [9.17, 15) is 18.8 Å². The van der Waals surface area contributed by atoms with E-state index in [1.54, 1.807) is 24.4 Å². The molecular formula is C24H19ClFN5O4. The molecule has 1 aromatic heterocycles. The second kappa shape index (κ2) is 9.58. The van der Waals surface area contributed by atoms with Gasteiger partial charge in [0.15, 0.2) is 0 Å². The van der Waals surface area contributed by atoms with Gasteiger partial charge in [0.2, 0.25) is 5.91 Å². The Morgan fingerprint density at radius 1 is 1.34 bits per heavy atom. The molecule has 11 heteroatoms. The number of halogens is 2. The van der Waals surface area contributed by atoms with Crippen LogP contribution in [-0.2, 0) is 9.59 Å². The van der Waals surface area contributed by atoms with Crippen LogP contribution in [0.5, 0.6) is 0 Å². The van der Waals surface area contributed by atoms with Crippen molar-refractivity contribution in [3.63, 3.8) is 0 Å². The number of aromatic nitrogens is 1. The Balaban J connectivity index is 1.74. The van der Waals surface area contributed by atoms with Crippen LogP contribution in [0.2, 0.25) is 5.02 Å². The number of urea groups is 1. The number of carbonyl (C=O) groups excluding carboxylic acids is 3. The topological polar surface area (TPSA) is 138 Å². The first-order valence-corrected chi connectivity index (χ1v) is 10.8. The third-order valence-corrected chi connectivity index (χ3v) is 6.05.